The van der Waals surface area contributed by atoms with E-state index in [4.69, 9.17) is 5.73 Å². The number of nitrogens with two attached hydrogens (primary N) is 1. The molecule has 0 saturated heterocycles. The molecule has 9 heteroatoms. The maximum atomic E-state index is 13.1. The highest BCUT2D eigenvalue weighted by molar-refractivity contribution is 5.94. The summed E-state index contributed by atoms with van der Waals surface area (Å²) in [6.07, 6.45) is 0.476. The summed E-state index contributed by atoms with van der Waals surface area (Å²) in [4.78, 5) is 49.6. The smallest absolute Gasteiger partial charge is 0.326 e. The highest BCUT2D eigenvalue weighted by Gasteiger charge is 2.31. The molecule has 0 bridgehead atoms. The van der Waals surface area contributed by atoms with Gasteiger partial charge in [0.05, 0.1) is 6.04 Å². The van der Waals surface area contributed by atoms with Crippen molar-refractivity contribution in [2.24, 2.45) is 17.6 Å². The van der Waals surface area contributed by atoms with Crippen molar-refractivity contribution >= 4 is 23.7 Å². The molecule has 0 spiro atoms. The summed E-state index contributed by atoms with van der Waals surface area (Å²) >= 11 is 0. The molecule has 4 unspecified atom stereocenters. The Bertz CT molecular complexity index is 780. The maximum Gasteiger partial charge on any atom is 0.326 e. The number of amides is 3. The number of benzene rings is 1. The molecule has 0 aliphatic heterocycles. The third-order valence-corrected chi connectivity index (χ3v) is 4.90. The first-order valence-electron chi connectivity index (χ1n) is 10.9. The van der Waals surface area contributed by atoms with E-state index in [2.05, 4.69) is 16.0 Å². The van der Waals surface area contributed by atoms with Crippen LogP contribution in [0.1, 0.15) is 46.6 Å². The highest BCUT2D eigenvalue weighted by Crippen LogP contribution is 2.09. The average molecular weight is 449 g/mol. The Hall–Kier alpha value is -2.94. The van der Waals surface area contributed by atoms with Crippen LogP contribution in [0.5, 0.6) is 0 Å². The molecule has 1 aromatic carbocycles. The first-order chi connectivity index (χ1) is 14.9. The Balaban J connectivity index is 3.01. The second kappa shape index (κ2) is 12.8. The molecule has 0 radical (unpaired) electrons. The summed E-state index contributed by atoms with van der Waals surface area (Å²) < 4.78 is 0. The molecule has 32 heavy (non-hydrogen) atoms. The van der Waals surface area contributed by atoms with Crippen molar-refractivity contribution in [1.29, 1.82) is 0 Å². The van der Waals surface area contributed by atoms with Gasteiger partial charge in [-0.25, -0.2) is 4.79 Å². The summed E-state index contributed by atoms with van der Waals surface area (Å²) in [6.45, 7) is 8.72. The van der Waals surface area contributed by atoms with Crippen molar-refractivity contribution in [3.8, 4) is 0 Å². The predicted octanol–water partition coefficient (Wildman–Crippen LogP) is 0.817. The van der Waals surface area contributed by atoms with Crippen LogP contribution in [0, 0.1) is 11.8 Å². The molecular weight excluding hydrogens is 412 g/mol. The fourth-order valence-corrected chi connectivity index (χ4v) is 3.11. The zero-order valence-corrected chi connectivity index (χ0v) is 19.4. The molecule has 1 rings (SSSR count). The van der Waals surface area contributed by atoms with Crippen LogP contribution in [0.4, 0.5) is 0 Å². The molecule has 0 heterocycles. The lowest BCUT2D eigenvalue weighted by atomic mass is 9.99. The number of rotatable bonds is 12. The van der Waals surface area contributed by atoms with Crippen LogP contribution < -0.4 is 21.7 Å². The van der Waals surface area contributed by atoms with Crippen LogP contribution in [0.3, 0.4) is 0 Å². The number of aliphatic carboxylic acids is 1. The zero-order chi connectivity index (χ0) is 24.4. The van der Waals surface area contributed by atoms with Gasteiger partial charge in [-0.2, -0.15) is 0 Å². The molecule has 1 aromatic rings. The Morgan fingerprint density at radius 3 is 1.88 bits per heavy atom. The third kappa shape index (κ3) is 9.05. The van der Waals surface area contributed by atoms with E-state index in [9.17, 15) is 24.3 Å². The van der Waals surface area contributed by atoms with Gasteiger partial charge in [-0.1, -0.05) is 58.0 Å². The second-order valence-electron chi connectivity index (χ2n) is 8.80. The van der Waals surface area contributed by atoms with Gasteiger partial charge in [-0.05, 0) is 30.7 Å². The molecule has 9 nitrogen and oxygen atoms in total. The Morgan fingerprint density at radius 2 is 1.41 bits per heavy atom. The van der Waals surface area contributed by atoms with Crippen molar-refractivity contribution in [2.45, 2.75) is 71.6 Å². The molecule has 6 N–H and O–H groups in total. The van der Waals surface area contributed by atoms with E-state index in [0.717, 1.165) is 5.56 Å². The quantitative estimate of drug-likeness (QED) is 0.319. The molecule has 0 aromatic heterocycles. The van der Waals surface area contributed by atoms with Crippen molar-refractivity contribution in [1.82, 2.24) is 16.0 Å². The van der Waals surface area contributed by atoms with Gasteiger partial charge in [0.2, 0.25) is 17.7 Å². The largest absolute Gasteiger partial charge is 0.480 e. The molecule has 178 valence electrons. The van der Waals surface area contributed by atoms with Gasteiger partial charge in [-0.3, -0.25) is 14.4 Å². The average Bonchev–Trinajstić information content (AvgIpc) is 2.70. The fourth-order valence-electron chi connectivity index (χ4n) is 3.11. The van der Waals surface area contributed by atoms with Gasteiger partial charge in [0, 0.05) is 6.42 Å². The van der Waals surface area contributed by atoms with E-state index >= 15 is 0 Å². The second-order valence-corrected chi connectivity index (χ2v) is 8.80. The lowest BCUT2D eigenvalue weighted by Gasteiger charge is -2.27. The summed E-state index contributed by atoms with van der Waals surface area (Å²) in [5, 5.41) is 17.2. The first kappa shape index (κ1) is 27.1. The Kier molecular flexibility index (Phi) is 10.8. The number of carbonyl (C=O) groups excluding carboxylic acids is 3. The van der Waals surface area contributed by atoms with Crippen molar-refractivity contribution in [3.63, 3.8) is 0 Å². The van der Waals surface area contributed by atoms with E-state index in [0.29, 0.717) is 0 Å². The first-order valence-corrected chi connectivity index (χ1v) is 10.9. The minimum absolute atomic E-state index is 0.0622. The Labute approximate surface area is 189 Å². The summed E-state index contributed by atoms with van der Waals surface area (Å²) in [7, 11) is 0. The molecule has 0 saturated carbocycles. The van der Waals surface area contributed by atoms with Crippen LogP contribution in [0.15, 0.2) is 30.3 Å². The minimum atomic E-state index is -1.13. The molecule has 4 atom stereocenters. The Morgan fingerprint density at radius 1 is 0.844 bits per heavy atom. The van der Waals surface area contributed by atoms with Crippen molar-refractivity contribution < 1.29 is 24.3 Å². The van der Waals surface area contributed by atoms with Crippen LogP contribution in [-0.4, -0.2) is 53.0 Å². The third-order valence-electron chi connectivity index (χ3n) is 4.90. The van der Waals surface area contributed by atoms with Gasteiger partial charge in [0.1, 0.15) is 18.1 Å². The van der Waals surface area contributed by atoms with Crippen molar-refractivity contribution in [2.75, 3.05) is 0 Å². The number of hydrogen-bond donors (Lipinski definition) is 5. The summed E-state index contributed by atoms with van der Waals surface area (Å²) in [5.41, 5.74) is 6.46. The van der Waals surface area contributed by atoms with Crippen LogP contribution in [0.25, 0.3) is 0 Å². The number of carboxylic acid groups (broad SMARTS) is 1. The molecular formula is C23H36N4O5. The van der Waals surface area contributed by atoms with Gasteiger partial charge < -0.3 is 26.8 Å². The standard InChI is InChI=1S/C23H36N4O5/c1-13(2)11-18(23(31)32)26-22(30)19(14(3)4)27-21(29)17(25-20(28)15(5)24)12-16-9-7-6-8-10-16/h6-10,13-15,17-19H,11-12,24H2,1-5H3,(H,25,28)(H,26,30)(H,27,29)(H,31,32). The minimum Gasteiger partial charge on any atom is -0.480 e. The number of carboxylic acids is 1. The van der Waals surface area contributed by atoms with Crippen molar-refractivity contribution in [3.05, 3.63) is 35.9 Å². The normalized spacial score (nSPS) is 14.9. The van der Waals surface area contributed by atoms with Gasteiger partial charge in [-0.15, -0.1) is 0 Å². The van der Waals surface area contributed by atoms with E-state index in [1.54, 1.807) is 13.8 Å². The highest BCUT2D eigenvalue weighted by atomic mass is 16.4. The molecule has 0 aliphatic carbocycles. The summed E-state index contributed by atoms with van der Waals surface area (Å²) in [5.74, 6) is -3.01. The number of nitrogens with one attached hydrogen (secondary N) is 3. The monoisotopic (exact) mass is 448 g/mol. The number of hydrogen-bond acceptors (Lipinski definition) is 5. The van der Waals surface area contributed by atoms with Crippen LogP contribution in [0.2, 0.25) is 0 Å². The van der Waals surface area contributed by atoms with Gasteiger partial charge in [0.25, 0.3) is 0 Å². The SMILES string of the molecule is CC(C)CC(NC(=O)C(NC(=O)C(Cc1ccccc1)NC(=O)C(C)N)C(C)C)C(=O)O. The maximum absolute atomic E-state index is 13.1. The summed E-state index contributed by atoms with van der Waals surface area (Å²) in [6, 6.07) is 5.36. The zero-order valence-electron chi connectivity index (χ0n) is 19.4. The van der Waals surface area contributed by atoms with E-state index < -0.39 is 47.9 Å². The van der Waals surface area contributed by atoms with Gasteiger partial charge in [0.15, 0.2) is 0 Å². The topological polar surface area (TPSA) is 151 Å². The molecule has 0 fully saturated rings. The van der Waals surface area contributed by atoms with Crippen LogP contribution in [-0.2, 0) is 25.6 Å². The van der Waals surface area contributed by atoms with E-state index in [1.165, 1.54) is 6.92 Å². The molecule has 0 aliphatic rings. The van der Waals surface area contributed by atoms with E-state index in [-0.39, 0.29) is 24.7 Å². The molecule has 3 amide bonds. The predicted molar refractivity (Wildman–Crippen MR) is 122 cm³/mol. The lowest BCUT2D eigenvalue weighted by molar-refractivity contribution is -0.143. The lowest BCUT2D eigenvalue weighted by Crippen LogP contribution is -2.58. The van der Waals surface area contributed by atoms with Crippen LogP contribution >= 0.6 is 0 Å². The fraction of sp³-hybridized carbons (Fsp3) is 0.565. The van der Waals surface area contributed by atoms with E-state index in [1.807, 2.05) is 44.2 Å². The number of carbonyl (C=O) groups is 4. The van der Waals surface area contributed by atoms with Gasteiger partial charge >= 0.3 is 5.97 Å².